The van der Waals surface area contributed by atoms with E-state index in [9.17, 15) is 4.79 Å². The Morgan fingerprint density at radius 2 is 2.09 bits per heavy atom. The van der Waals surface area contributed by atoms with Crippen LogP contribution in [-0.4, -0.2) is 16.0 Å². The third-order valence-corrected chi connectivity index (χ3v) is 1.66. The molecule has 0 aromatic carbocycles. The number of nitrogens with zero attached hydrogens (tertiary/aromatic N) is 2. The molecule has 0 atom stereocenters. The van der Waals surface area contributed by atoms with Crippen molar-refractivity contribution in [2.75, 3.05) is 0 Å². The number of aromatic nitrogens is 2. The molecule has 3 heteroatoms. The molecule has 1 aliphatic carbocycles. The van der Waals surface area contributed by atoms with Gasteiger partial charge in [0.1, 0.15) is 0 Å². The molecule has 1 aromatic heterocycles. The van der Waals surface area contributed by atoms with Crippen molar-refractivity contribution in [2.45, 2.75) is 6.42 Å². The summed E-state index contributed by atoms with van der Waals surface area (Å²) < 4.78 is 0. The highest BCUT2D eigenvalue weighted by atomic mass is 16.1. The maximum Gasteiger partial charge on any atom is 0.168 e. The molecule has 0 unspecified atom stereocenters. The number of carbonyl (C=O) groups is 1. The lowest BCUT2D eigenvalue weighted by atomic mass is 10.0. The number of hydrogen-bond acceptors (Lipinski definition) is 3. The molecule has 0 radical (unpaired) electrons. The van der Waals surface area contributed by atoms with Crippen molar-refractivity contribution in [3.8, 4) is 0 Å². The SMILES string of the molecule is O=C1CC=Cc2cnncc21. The molecule has 1 aliphatic rings. The average Bonchev–Trinajstić information content (AvgIpc) is 2.06. The highest BCUT2D eigenvalue weighted by Crippen LogP contribution is 2.15. The van der Waals surface area contributed by atoms with E-state index in [1.54, 1.807) is 6.20 Å². The lowest BCUT2D eigenvalue weighted by molar-refractivity contribution is 0.0994. The molecular weight excluding hydrogens is 140 g/mol. The topological polar surface area (TPSA) is 42.9 Å². The first-order valence-electron chi connectivity index (χ1n) is 3.38. The summed E-state index contributed by atoms with van der Waals surface area (Å²) >= 11 is 0. The second-order valence-electron chi connectivity index (χ2n) is 2.39. The van der Waals surface area contributed by atoms with Gasteiger partial charge in [0.2, 0.25) is 0 Å². The molecular formula is C8H6N2O. The fourth-order valence-electron chi connectivity index (χ4n) is 1.10. The third-order valence-electron chi connectivity index (χ3n) is 1.66. The number of allylic oxidation sites excluding steroid dienone is 1. The molecule has 0 aliphatic heterocycles. The predicted molar refractivity (Wildman–Crippen MR) is 40.0 cm³/mol. The van der Waals surface area contributed by atoms with Gasteiger partial charge in [0, 0.05) is 17.5 Å². The summed E-state index contributed by atoms with van der Waals surface area (Å²) in [6.45, 7) is 0. The fraction of sp³-hybridized carbons (Fsp3) is 0.125. The van der Waals surface area contributed by atoms with Crippen molar-refractivity contribution in [1.29, 1.82) is 0 Å². The maximum absolute atomic E-state index is 11.2. The van der Waals surface area contributed by atoms with Crippen molar-refractivity contribution in [1.82, 2.24) is 10.2 Å². The number of fused-ring (bicyclic) bond motifs is 1. The van der Waals surface area contributed by atoms with Gasteiger partial charge in [0.15, 0.2) is 5.78 Å². The van der Waals surface area contributed by atoms with Crippen LogP contribution < -0.4 is 0 Å². The number of Topliss-reactive ketones (excluding diaryl/α,β-unsaturated/α-hetero) is 1. The van der Waals surface area contributed by atoms with Gasteiger partial charge < -0.3 is 0 Å². The molecule has 1 heterocycles. The second kappa shape index (κ2) is 2.27. The van der Waals surface area contributed by atoms with Crippen LogP contribution in [0.1, 0.15) is 22.3 Å². The molecule has 2 rings (SSSR count). The van der Waals surface area contributed by atoms with Gasteiger partial charge in [-0.15, -0.1) is 0 Å². The number of ketones is 1. The lowest BCUT2D eigenvalue weighted by Crippen LogP contribution is -2.05. The van der Waals surface area contributed by atoms with E-state index in [1.807, 2.05) is 12.2 Å². The van der Waals surface area contributed by atoms with E-state index in [0.717, 1.165) is 5.56 Å². The normalized spacial score (nSPS) is 14.7. The van der Waals surface area contributed by atoms with Gasteiger partial charge in [-0.3, -0.25) is 4.79 Å². The van der Waals surface area contributed by atoms with Gasteiger partial charge in [0.25, 0.3) is 0 Å². The number of carbonyl (C=O) groups excluding carboxylic acids is 1. The van der Waals surface area contributed by atoms with Gasteiger partial charge in [-0.1, -0.05) is 12.2 Å². The monoisotopic (exact) mass is 146 g/mol. The molecule has 0 fully saturated rings. The Balaban J connectivity index is 2.63. The van der Waals surface area contributed by atoms with Crippen molar-refractivity contribution >= 4 is 11.9 Å². The predicted octanol–water partition coefficient (Wildman–Crippen LogP) is 1.08. The first-order valence-corrected chi connectivity index (χ1v) is 3.38. The Bertz CT molecular complexity index is 331. The summed E-state index contributed by atoms with van der Waals surface area (Å²) in [4.78, 5) is 11.2. The standard InChI is InChI=1S/C8H6N2O/c11-8-3-1-2-6-4-9-10-5-7(6)8/h1-2,4-5H,3H2. The zero-order valence-corrected chi connectivity index (χ0v) is 5.82. The van der Waals surface area contributed by atoms with Crippen LogP contribution in [-0.2, 0) is 0 Å². The summed E-state index contributed by atoms with van der Waals surface area (Å²) in [5.41, 5.74) is 1.55. The maximum atomic E-state index is 11.2. The highest BCUT2D eigenvalue weighted by molar-refractivity contribution is 6.02. The van der Waals surface area contributed by atoms with E-state index in [-0.39, 0.29) is 5.78 Å². The van der Waals surface area contributed by atoms with E-state index in [2.05, 4.69) is 10.2 Å². The molecule has 0 N–H and O–H groups in total. The van der Waals surface area contributed by atoms with Gasteiger partial charge in [0.05, 0.1) is 12.4 Å². The largest absolute Gasteiger partial charge is 0.294 e. The zero-order valence-electron chi connectivity index (χ0n) is 5.82. The fourth-order valence-corrected chi connectivity index (χ4v) is 1.10. The Labute approximate surface area is 63.8 Å². The first kappa shape index (κ1) is 6.22. The van der Waals surface area contributed by atoms with Crippen molar-refractivity contribution < 1.29 is 4.79 Å². The Morgan fingerprint density at radius 3 is 2.91 bits per heavy atom. The second-order valence-corrected chi connectivity index (χ2v) is 2.39. The molecule has 0 bridgehead atoms. The van der Waals surface area contributed by atoms with Gasteiger partial charge in [-0.25, -0.2) is 0 Å². The van der Waals surface area contributed by atoms with Gasteiger partial charge in [-0.2, -0.15) is 10.2 Å². The third kappa shape index (κ3) is 0.941. The van der Waals surface area contributed by atoms with Crippen molar-refractivity contribution in [2.24, 2.45) is 0 Å². The minimum atomic E-state index is 0.123. The van der Waals surface area contributed by atoms with Crippen molar-refractivity contribution in [3.05, 3.63) is 29.6 Å². The Kier molecular flexibility index (Phi) is 1.28. The smallest absolute Gasteiger partial charge is 0.168 e. The summed E-state index contributed by atoms with van der Waals surface area (Å²) in [6, 6.07) is 0. The molecule has 0 amide bonds. The summed E-state index contributed by atoms with van der Waals surface area (Å²) in [6.07, 6.45) is 7.33. The van der Waals surface area contributed by atoms with Crippen LogP contribution in [0.3, 0.4) is 0 Å². The lowest BCUT2D eigenvalue weighted by Gasteiger charge is -2.05. The van der Waals surface area contributed by atoms with Crippen LogP contribution in [0.2, 0.25) is 0 Å². The molecule has 0 saturated carbocycles. The summed E-state index contributed by atoms with van der Waals surface area (Å²) in [5, 5.41) is 7.32. The van der Waals surface area contributed by atoms with Gasteiger partial charge in [-0.05, 0) is 0 Å². The first-order chi connectivity index (χ1) is 5.38. The Morgan fingerprint density at radius 1 is 1.27 bits per heavy atom. The number of hydrogen-bond donors (Lipinski definition) is 0. The van der Waals surface area contributed by atoms with Crippen LogP contribution in [0.5, 0.6) is 0 Å². The zero-order chi connectivity index (χ0) is 7.68. The summed E-state index contributed by atoms with van der Waals surface area (Å²) in [5.74, 6) is 0.123. The van der Waals surface area contributed by atoms with E-state index in [0.29, 0.717) is 12.0 Å². The van der Waals surface area contributed by atoms with Crippen LogP contribution in [0.25, 0.3) is 6.08 Å². The van der Waals surface area contributed by atoms with Gasteiger partial charge >= 0.3 is 0 Å². The van der Waals surface area contributed by atoms with E-state index in [1.165, 1.54) is 6.20 Å². The average molecular weight is 146 g/mol. The van der Waals surface area contributed by atoms with E-state index in [4.69, 9.17) is 0 Å². The van der Waals surface area contributed by atoms with Crippen molar-refractivity contribution in [3.63, 3.8) is 0 Å². The van der Waals surface area contributed by atoms with E-state index < -0.39 is 0 Å². The van der Waals surface area contributed by atoms with Crippen LogP contribution >= 0.6 is 0 Å². The summed E-state index contributed by atoms with van der Waals surface area (Å²) in [7, 11) is 0. The quantitative estimate of drug-likeness (QED) is 0.550. The Hall–Kier alpha value is -1.51. The molecule has 3 nitrogen and oxygen atoms in total. The molecule has 54 valence electrons. The molecule has 0 spiro atoms. The number of rotatable bonds is 0. The van der Waals surface area contributed by atoms with E-state index >= 15 is 0 Å². The highest BCUT2D eigenvalue weighted by Gasteiger charge is 2.12. The minimum absolute atomic E-state index is 0.123. The van der Waals surface area contributed by atoms with Crippen LogP contribution in [0.15, 0.2) is 18.5 Å². The van der Waals surface area contributed by atoms with Crippen LogP contribution in [0.4, 0.5) is 0 Å². The molecule has 11 heavy (non-hydrogen) atoms. The van der Waals surface area contributed by atoms with Crippen LogP contribution in [0, 0.1) is 0 Å². The molecule has 1 aromatic rings. The molecule has 0 saturated heterocycles. The minimum Gasteiger partial charge on any atom is -0.294 e.